The second kappa shape index (κ2) is 10.9. The van der Waals surface area contributed by atoms with E-state index >= 15 is 0 Å². The van der Waals surface area contributed by atoms with Crippen LogP contribution in [0, 0.1) is 13.8 Å². The molecule has 0 saturated heterocycles. The molecule has 2 N–H and O–H groups in total. The molecule has 0 spiro atoms. The third-order valence-corrected chi connectivity index (χ3v) is 6.79. The maximum absolute atomic E-state index is 12.6. The van der Waals surface area contributed by atoms with Crippen molar-refractivity contribution in [2.45, 2.75) is 25.5 Å². The van der Waals surface area contributed by atoms with Gasteiger partial charge in [-0.25, -0.2) is 0 Å². The lowest BCUT2D eigenvalue weighted by Crippen LogP contribution is -2.24. The fourth-order valence-electron chi connectivity index (χ4n) is 3.04. The average molecular weight is 558 g/mol. The molecule has 0 saturated carbocycles. The minimum atomic E-state index is -0.221. The summed E-state index contributed by atoms with van der Waals surface area (Å²) in [6.07, 6.45) is 0. The Bertz CT molecular complexity index is 1320. The molecule has 2 aromatic heterocycles. The summed E-state index contributed by atoms with van der Waals surface area (Å²) in [5.74, 6) is 0.241. The van der Waals surface area contributed by atoms with Crippen LogP contribution in [0.1, 0.15) is 26.8 Å². The molecule has 0 fully saturated rings. The van der Waals surface area contributed by atoms with E-state index in [1.54, 1.807) is 6.07 Å². The Morgan fingerprint density at radius 3 is 2.56 bits per heavy atom. The number of hydrogen-bond acceptors (Lipinski definition) is 8. The van der Waals surface area contributed by atoms with Crippen molar-refractivity contribution in [2.75, 3.05) is 11.1 Å². The molecule has 0 radical (unpaired) electrons. The van der Waals surface area contributed by atoms with Crippen LogP contribution in [0.25, 0.3) is 5.69 Å². The van der Waals surface area contributed by atoms with Gasteiger partial charge in [-0.3, -0.25) is 19.5 Å². The molecule has 4 rings (SSSR count). The van der Waals surface area contributed by atoms with Gasteiger partial charge in [0.2, 0.25) is 11.0 Å². The van der Waals surface area contributed by atoms with Crippen LogP contribution in [0.4, 0.5) is 5.13 Å². The van der Waals surface area contributed by atoms with Crippen molar-refractivity contribution in [2.24, 2.45) is 0 Å². The molecule has 0 aliphatic rings. The predicted molar refractivity (Wildman–Crippen MR) is 135 cm³/mol. The smallest absolute Gasteiger partial charge is 0.251 e. The zero-order valence-electron chi connectivity index (χ0n) is 18.3. The van der Waals surface area contributed by atoms with E-state index in [1.165, 1.54) is 23.1 Å². The monoisotopic (exact) mass is 557 g/mol. The van der Waals surface area contributed by atoms with Gasteiger partial charge in [0.05, 0.1) is 12.3 Å². The van der Waals surface area contributed by atoms with E-state index in [-0.39, 0.29) is 24.1 Å². The van der Waals surface area contributed by atoms with E-state index in [0.29, 0.717) is 21.7 Å². The Balaban J connectivity index is 1.50. The number of carbonyl (C=O) groups is 2. The van der Waals surface area contributed by atoms with Gasteiger partial charge in [0.15, 0.2) is 11.0 Å². The van der Waals surface area contributed by atoms with Gasteiger partial charge in [0, 0.05) is 15.7 Å². The quantitative estimate of drug-likeness (QED) is 0.312. The average Bonchev–Trinajstić information content (AvgIpc) is 3.42. The zero-order chi connectivity index (χ0) is 24.1. The second-order valence-electron chi connectivity index (χ2n) is 7.23. The minimum Gasteiger partial charge on any atom is -0.345 e. The van der Waals surface area contributed by atoms with Crippen LogP contribution < -0.4 is 10.6 Å². The first kappa shape index (κ1) is 24.0. The van der Waals surface area contributed by atoms with Gasteiger partial charge in [0.1, 0.15) is 5.01 Å². The van der Waals surface area contributed by atoms with Crippen molar-refractivity contribution in [3.63, 3.8) is 0 Å². The highest BCUT2D eigenvalue weighted by atomic mass is 79.9. The molecular weight excluding hydrogens is 538 g/mol. The number of thioether (sulfide) groups is 1. The van der Waals surface area contributed by atoms with Crippen LogP contribution >= 0.6 is 39.0 Å². The number of nitrogens with one attached hydrogen (secondary N) is 2. The first-order valence-electron chi connectivity index (χ1n) is 10.2. The van der Waals surface area contributed by atoms with Crippen LogP contribution in [0.2, 0.25) is 0 Å². The number of carbonyl (C=O) groups excluding carboxylic acids is 2. The van der Waals surface area contributed by atoms with Gasteiger partial charge in [-0.2, -0.15) is 0 Å². The van der Waals surface area contributed by atoms with Crippen molar-refractivity contribution in [3.8, 4) is 5.69 Å². The first-order chi connectivity index (χ1) is 16.4. The number of anilines is 1. The molecule has 2 aromatic carbocycles. The van der Waals surface area contributed by atoms with Crippen molar-refractivity contribution in [3.05, 3.63) is 75.0 Å². The van der Waals surface area contributed by atoms with Crippen molar-refractivity contribution < 1.29 is 9.59 Å². The Kier molecular flexibility index (Phi) is 7.70. The number of hydrogen-bond donors (Lipinski definition) is 2. The lowest BCUT2D eigenvalue weighted by molar-refractivity contribution is -0.113. The summed E-state index contributed by atoms with van der Waals surface area (Å²) in [5, 5.41) is 23.8. The maximum atomic E-state index is 12.6. The van der Waals surface area contributed by atoms with Gasteiger partial charge in [-0.1, -0.05) is 56.7 Å². The zero-order valence-corrected chi connectivity index (χ0v) is 21.5. The highest BCUT2D eigenvalue weighted by molar-refractivity contribution is 9.10. The maximum Gasteiger partial charge on any atom is 0.251 e. The lowest BCUT2D eigenvalue weighted by atomic mass is 10.1. The lowest BCUT2D eigenvalue weighted by Gasteiger charge is -2.11. The highest BCUT2D eigenvalue weighted by Gasteiger charge is 2.17. The number of nitrogens with zero attached hydrogens (tertiary/aromatic N) is 5. The molecule has 0 aliphatic heterocycles. The molecule has 0 atom stereocenters. The van der Waals surface area contributed by atoms with Crippen LogP contribution in [0.5, 0.6) is 0 Å². The molecule has 9 nitrogen and oxygen atoms in total. The largest absolute Gasteiger partial charge is 0.345 e. The first-order valence-corrected chi connectivity index (χ1v) is 12.8. The number of aromatic nitrogens is 5. The van der Waals surface area contributed by atoms with Crippen molar-refractivity contribution in [1.82, 2.24) is 30.3 Å². The summed E-state index contributed by atoms with van der Waals surface area (Å²) < 4.78 is 2.76. The minimum absolute atomic E-state index is 0.114. The van der Waals surface area contributed by atoms with E-state index in [4.69, 9.17) is 0 Å². The summed E-state index contributed by atoms with van der Waals surface area (Å²) in [6.45, 7) is 3.93. The number of halogens is 1. The standard InChI is InChI=1S/C22H20BrN7O2S2/c1-13-4-3-5-15(10-13)20(32)24-11-18-27-29-22(30(18)17-8-6-16(23)7-9-17)33-12-19(31)25-21-28-26-14(2)34-21/h3-10H,11-12H2,1-2H3,(H,24,32)(H,25,28,31). The topological polar surface area (TPSA) is 115 Å². The number of amides is 2. The van der Waals surface area contributed by atoms with E-state index in [2.05, 4.69) is 47.0 Å². The van der Waals surface area contributed by atoms with Crippen LogP contribution in [0.15, 0.2) is 58.2 Å². The molecule has 12 heteroatoms. The van der Waals surface area contributed by atoms with Gasteiger partial charge >= 0.3 is 0 Å². The van der Waals surface area contributed by atoms with Gasteiger partial charge in [0.25, 0.3) is 5.91 Å². The summed E-state index contributed by atoms with van der Waals surface area (Å²) in [7, 11) is 0. The Morgan fingerprint density at radius 1 is 1.06 bits per heavy atom. The predicted octanol–water partition coefficient (Wildman–Crippen LogP) is 4.16. The fourth-order valence-corrected chi connectivity index (χ4v) is 4.68. The number of rotatable bonds is 8. The van der Waals surface area contributed by atoms with Crippen molar-refractivity contribution >= 4 is 56.0 Å². The van der Waals surface area contributed by atoms with Crippen molar-refractivity contribution in [1.29, 1.82) is 0 Å². The van der Waals surface area contributed by atoms with Gasteiger partial charge < -0.3 is 5.32 Å². The second-order valence-corrected chi connectivity index (χ2v) is 10.3. The summed E-state index contributed by atoms with van der Waals surface area (Å²) >= 11 is 6.00. The number of benzene rings is 2. The molecular formula is C22H20BrN7O2S2. The van der Waals surface area contributed by atoms with Gasteiger partial charge in [-0.15, -0.1) is 20.4 Å². The summed E-state index contributed by atoms with van der Waals surface area (Å²) in [4.78, 5) is 25.0. The van der Waals surface area contributed by atoms with Crippen LogP contribution in [0.3, 0.4) is 0 Å². The number of aryl methyl sites for hydroxylation is 2. The van der Waals surface area contributed by atoms with E-state index in [0.717, 1.165) is 20.7 Å². The fraction of sp³-hybridized carbons (Fsp3) is 0.182. The molecule has 34 heavy (non-hydrogen) atoms. The van der Waals surface area contributed by atoms with E-state index in [1.807, 2.05) is 60.9 Å². The van der Waals surface area contributed by atoms with Crippen LogP contribution in [-0.4, -0.2) is 42.5 Å². The molecule has 4 aromatic rings. The Morgan fingerprint density at radius 2 is 1.85 bits per heavy atom. The molecule has 2 heterocycles. The molecule has 0 unspecified atom stereocenters. The van der Waals surface area contributed by atoms with Crippen LogP contribution in [-0.2, 0) is 11.3 Å². The molecule has 174 valence electrons. The molecule has 0 aliphatic carbocycles. The Labute approximate surface area is 212 Å². The van der Waals surface area contributed by atoms with E-state index in [9.17, 15) is 9.59 Å². The Hall–Kier alpha value is -3.09. The SMILES string of the molecule is Cc1cccc(C(=O)NCc2nnc(SCC(=O)Nc3nnc(C)s3)n2-c2ccc(Br)cc2)c1. The molecule has 2 amide bonds. The molecule has 0 bridgehead atoms. The third-order valence-electron chi connectivity index (χ3n) is 4.58. The van der Waals surface area contributed by atoms with Gasteiger partial charge in [-0.05, 0) is 50.2 Å². The third kappa shape index (κ3) is 6.07. The summed E-state index contributed by atoms with van der Waals surface area (Å²) in [6, 6.07) is 15.0. The highest BCUT2D eigenvalue weighted by Crippen LogP contribution is 2.24. The normalized spacial score (nSPS) is 10.8. The van der Waals surface area contributed by atoms with E-state index < -0.39 is 0 Å². The summed E-state index contributed by atoms with van der Waals surface area (Å²) in [5.41, 5.74) is 2.40.